The fraction of sp³-hybridized carbons (Fsp3) is 0.269. The van der Waals surface area contributed by atoms with Crippen molar-refractivity contribution in [3.8, 4) is 0 Å². The van der Waals surface area contributed by atoms with E-state index in [0.29, 0.717) is 46.1 Å². The van der Waals surface area contributed by atoms with Gasteiger partial charge in [-0.05, 0) is 42.8 Å². The third-order valence-electron chi connectivity index (χ3n) is 6.76. The largest absolute Gasteiger partial charge is 0.416 e. The first-order valence-electron chi connectivity index (χ1n) is 11.5. The van der Waals surface area contributed by atoms with Crippen LogP contribution in [0.2, 0.25) is 10.0 Å². The van der Waals surface area contributed by atoms with E-state index in [1.807, 2.05) is 6.92 Å². The van der Waals surface area contributed by atoms with Gasteiger partial charge in [-0.25, -0.2) is 0 Å². The average molecular weight is 549 g/mol. The van der Waals surface area contributed by atoms with Gasteiger partial charge in [0.25, 0.3) is 11.8 Å². The summed E-state index contributed by atoms with van der Waals surface area (Å²) in [4.78, 5) is 30.0. The number of hydrogen-bond acceptors (Lipinski definition) is 3. The van der Waals surface area contributed by atoms with E-state index in [9.17, 15) is 22.8 Å². The number of carbonyl (C=O) groups is 2. The van der Waals surface area contributed by atoms with Crippen LogP contribution in [0, 0.1) is 0 Å². The minimum absolute atomic E-state index is 0.167. The molecule has 0 unspecified atom stereocenters. The zero-order chi connectivity index (χ0) is 26.6. The van der Waals surface area contributed by atoms with E-state index in [1.54, 1.807) is 21.7 Å². The predicted octanol–water partition coefficient (Wildman–Crippen LogP) is 5.92. The Morgan fingerprint density at radius 1 is 1.05 bits per heavy atom. The molecule has 6 nitrogen and oxygen atoms in total. The van der Waals surface area contributed by atoms with Crippen LogP contribution in [0.5, 0.6) is 0 Å². The van der Waals surface area contributed by atoms with Crippen molar-refractivity contribution in [2.24, 2.45) is 0 Å². The van der Waals surface area contributed by atoms with Crippen molar-refractivity contribution >= 4 is 40.7 Å². The maximum absolute atomic E-state index is 13.6. The minimum Gasteiger partial charge on any atom is -0.331 e. The van der Waals surface area contributed by atoms with E-state index < -0.39 is 11.7 Å². The minimum atomic E-state index is -4.45. The number of aromatic nitrogens is 2. The van der Waals surface area contributed by atoms with Crippen LogP contribution in [0.1, 0.15) is 50.2 Å². The molecule has 0 aliphatic carbocycles. The molecule has 2 aliphatic rings. The number of hydrogen-bond donors (Lipinski definition) is 0. The zero-order valence-electron chi connectivity index (χ0n) is 19.6. The Balaban J connectivity index is 1.42. The number of fused-ring (bicyclic) bond motifs is 3. The topological polar surface area (TPSA) is 58.4 Å². The van der Waals surface area contributed by atoms with Gasteiger partial charge in [-0.15, -0.1) is 0 Å². The van der Waals surface area contributed by atoms with Gasteiger partial charge in [0.15, 0.2) is 0 Å². The lowest BCUT2D eigenvalue weighted by Gasteiger charge is -2.34. The number of benzene rings is 2. The molecule has 37 heavy (non-hydrogen) atoms. The Labute approximate surface area is 220 Å². The second-order valence-electron chi connectivity index (χ2n) is 9.09. The lowest BCUT2D eigenvalue weighted by atomic mass is 9.97. The molecule has 0 fully saturated rings. The average Bonchev–Trinajstić information content (AvgIpc) is 3.22. The highest BCUT2D eigenvalue weighted by molar-refractivity contribution is 6.42. The van der Waals surface area contributed by atoms with Crippen LogP contribution in [-0.4, -0.2) is 44.0 Å². The van der Waals surface area contributed by atoms with E-state index in [1.165, 1.54) is 23.1 Å². The Kier molecular flexibility index (Phi) is 6.32. The van der Waals surface area contributed by atoms with Gasteiger partial charge >= 0.3 is 6.18 Å². The summed E-state index contributed by atoms with van der Waals surface area (Å²) < 4.78 is 40.5. The third-order valence-corrected chi connectivity index (χ3v) is 7.50. The molecule has 3 heterocycles. The second-order valence-corrected chi connectivity index (χ2v) is 9.91. The molecule has 3 aromatic rings. The quantitative estimate of drug-likeness (QED) is 0.408. The highest BCUT2D eigenvalue weighted by Crippen LogP contribution is 2.34. The van der Waals surface area contributed by atoms with Crippen LogP contribution in [-0.2, 0) is 25.7 Å². The fourth-order valence-electron chi connectivity index (χ4n) is 4.75. The summed E-state index contributed by atoms with van der Waals surface area (Å²) in [5.74, 6) is -0.604. The first kappa shape index (κ1) is 25.4. The van der Waals surface area contributed by atoms with Crippen LogP contribution in [0.3, 0.4) is 0 Å². The van der Waals surface area contributed by atoms with Gasteiger partial charge in [-0.1, -0.05) is 41.9 Å². The molecule has 11 heteroatoms. The molecule has 0 saturated heterocycles. The molecule has 5 rings (SSSR count). The van der Waals surface area contributed by atoms with E-state index in [-0.39, 0.29) is 36.0 Å². The van der Waals surface area contributed by atoms with Crippen molar-refractivity contribution in [1.29, 1.82) is 0 Å². The molecule has 0 spiro atoms. The van der Waals surface area contributed by atoms with Crippen molar-refractivity contribution in [3.05, 3.63) is 92.7 Å². The highest BCUT2D eigenvalue weighted by Gasteiger charge is 2.38. The molecule has 0 saturated carbocycles. The Hall–Kier alpha value is -3.30. The Morgan fingerprint density at radius 3 is 2.38 bits per heavy atom. The normalized spacial score (nSPS) is 17.5. The van der Waals surface area contributed by atoms with Crippen LogP contribution >= 0.6 is 23.2 Å². The van der Waals surface area contributed by atoms with Crippen molar-refractivity contribution in [3.63, 3.8) is 0 Å². The summed E-state index contributed by atoms with van der Waals surface area (Å²) in [6, 6.07) is 9.06. The summed E-state index contributed by atoms with van der Waals surface area (Å²) in [6.45, 7) is 6.73. The summed E-state index contributed by atoms with van der Waals surface area (Å²) in [6.07, 6.45) is -3.99. The maximum Gasteiger partial charge on any atom is 0.416 e. The number of halogens is 5. The molecule has 1 aromatic heterocycles. The summed E-state index contributed by atoms with van der Waals surface area (Å²) in [5.41, 5.74) is 2.07. The first-order chi connectivity index (χ1) is 17.5. The maximum atomic E-state index is 13.6. The van der Waals surface area contributed by atoms with Crippen molar-refractivity contribution in [1.82, 2.24) is 19.6 Å². The number of amides is 2. The number of nitrogens with zero attached hydrogens (tertiary/aromatic N) is 4. The van der Waals surface area contributed by atoms with Crippen molar-refractivity contribution in [2.45, 2.75) is 38.7 Å². The molecule has 192 valence electrons. The van der Waals surface area contributed by atoms with Gasteiger partial charge in [-0.2, -0.15) is 18.3 Å². The molecule has 2 amide bonds. The van der Waals surface area contributed by atoms with Crippen LogP contribution in [0.4, 0.5) is 13.2 Å². The van der Waals surface area contributed by atoms with Gasteiger partial charge in [-0.3, -0.25) is 14.3 Å². The molecule has 0 radical (unpaired) electrons. The van der Waals surface area contributed by atoms with Crippen molar-refractivity contribution < 1.29 is 22.8 Å². The molecule has 2 aliphatic heterocycles. The summed E-state index contributed by atoms with van der Waals surface area (Å²) in [5, 5.41) is 5.24. The fourth-order valence-corrected chi connectivity index (χ4v) is 5.05. The van der Waals surface area contributed by atoms with Gasteiger partial charge < -0.3 is 9.80 Å². The second kappa shape index (κ2) is 9.22. The van der Waals surface area contributed by atoms with Crippen LogP contribution < -0.4 is 0 Å². The predicted molar refractivity (Wildman–Crippen MR) is 133 cm³/mol. The molecular weight excluding hydrogens is 528 g/mol. The first-order valence-corrected chi connectivity index (χ1v) is 12.2. The summed E-state index contributed by atoms with van der Waals surface area (Å²) in [7, 11) is 0. The highest BCUT2D eigenvalue weighted by atomic mass is 35.5. The monoisotopic (exact) mass is 548 g/mol. The molecular formula is C26H21Cl2F3N4O2. The van der Waals surface area contributed by atoms with Gasteiger partial charge in [0.1, 0.15) is 5.69 Å². The van der Waals surface area contributed by atoms with Crippen molar-refractivity contribution in [2.75, 3.05) is 6.54 Å². The van der Waals surface area contributed by atoms with E-state index >= 15 is 0 Å². The number of rotatable bonds is 3. The van der Waals surface area contributed by atoms with Gasteiger partial charge in [0.05, 0.1) is 34.4 Å². The third kappa shape index (κ3) is 4.51. The van der Waals surface area contributed by atoms with Crippen LogP contribution in [0.15, 0.2) is 49.0 Å². The van der Waals surface area contributed by atoms with E-state index in [0.717, 1.165) is 17.8 Å². The molecule has 2 aromatic carbocycles. The zero-order valence-corrected chi connectivity index (χ0v) is 21.2. The lowest BCUT2D eigenvalue weighted by molar-refractivity contribution is -0.137. The SMILES string of the molecule is C=C(c1ccc(C(F)(F)F)cc1)N1CCn2nc3c(c2C1=O)CN(C(=O)c1ccc(Cl)c(Cl)c1)[C@H](C)C3. The van der Waals surface area contributed by atoms with E-state index in [2.05, 4.69) is 11.7 Å². The lowest BCUT2D eigenvalue weighted by Crippen LogP contribution is -2.44. The molecule has 0 bridgehead atoms. The van der Waals surface area contributed by atoms with Gasteiger partial charge in [0, 0.05) is 35.8 Å². The number of carbonyl (C=O) groups excluding carboxylic acids is 2. The molecule has 1 atom stereocenters. The van der Waals surface area contributed by atoms with Gasteiger partial charge in [0.2, 0.25) is 0 Å². The Bertz CT molecular complexity index is 1430. The molecule has 0 N–H and O–H groups in total. The Morgan fingerprint density at radius 2 is 1.73 bits per heavy atom. The summed E-state index contributed by atoms with van der Waals surface area (Å²) >= 11 is 12.1. The van der Waals surface area contributed by atoms with E-state index in [4.69, 9.17) is 23.2 Å². The standard InChI is InChI=1S/C26H21Cl2F3N4O2/c1-14-11-22-19(13-34(14)24(36)17-5-8-20(27)21(28)12-17)23-25(37)33(9-10-35(23)32-22)15(2)16-3-6-18(7-4-16)26(29,30)31/h3-8,12,14H,2,9-11,13H2,1H3/t14-/m1/s1. The smallest absolute Gasteiger partial charge is 0.331 e. The van der Waals surface area contributed by atoms with Crippen LogP contribution in [0.25, 0.3) is 5.70 Å². The number of alkyl halides is 3.